The Kier molecular flexibility index (Phi) is 4.55. The van der Waals surface area contributed by atoms with Gasteiger partial charge >= 0.3 is 0 Å². The Labute approximate surface area is 122 Å². The Morgan fingerprint density at radius 3 is 2.81 bits per heavy atom. The van der Waals surface area contributed by atoms with Crippen molar-refractivity contribution in [2.45, 2.75) is 45.6 Å². The number of hydrogen-bond acceptors (Lipinski definition) is 3. The van der Waals surface area contributed by atoms with E-state index in [1.807, 2.05) is 6.92 Å². The van der Waals surface area contributed by atoms with Crippen LogP contribution in [-0.4, -0.2) is 28.3 Å². The number of likely N-dealkylation sites (tertiary alicyclic amines) is 1. The third kappa shape index (κ3) is 3.04. The SMILES string of the molecule is CCC1CCCCN1C(=O)c1cc([N+](=O)[O-])cc(C)c1F. The second-order valence-electron chi connectivity index (χ2n) is 5.44. The van der Waals surface area contributed by atoms with Crippen LogP contribution in [0.3, 0.4) is 0 Å². The molecule has 6 heteroatoms. The molecule has 2 rings (SSSR count). The lowest BCUT2D eigenvalue weighted by Gasteiger charge is -2.35. The molecule has 5 nitrogen and oxygen atoms in total. The molecule has 0 aliphatic carbocycles. The van der Waals surface area contributed by atoms with Gasteiger partial charge in [-0.05, 0) is 38.2 Å². The first-order valence-electron chi connectivity index (χ1n) is 7.21. The van der Waals surface area contributed by atoms with Crippen LogP contribution < -0.4 is 0 Å². The first-order valence-corrected chi connectivity index (χ1v) is 7.21. The first kappa shape index (κ1) is 15.4. The van der Waals surface area contributed by atoms with Gasteiger partial charge in [0.1, 0.15) is 5.82 Å². The number of aryl methyl sites for hydroxylation is 1. The summed E-state index contributed by atoms with van der Waals surface area (Å²) in [6.07, 6.45) is 3.65. The molecule has 1 atom stereocenters. The average molecular weight is 294 g/mol. The normalized spacial score (nSPS) is 18.6. The van der Waals surface area contributed by atoms with Crippen molar-refractivity contribution in [1.82, 2.24) is 4.90 Å². The Morgan fingerprint density at radius 1 is 1.48 bits per heavy atom. The summed E-state index contributed by atoms with van der Waals surface area (Å²) in [5.74, 6) is -1.10. The van der Waals surface area contributed by atoms with Gasteiger partial charge in [0.05, 0.1) is 10.5 Å². The minimum absolute atomic E-state index is 0.0882. The number of carbonyl (C=O) groups excluding carboxylic acids is 1. The van der Waals surface area contributed by atoms with Gasteiger partial charge in [-0.2, -0.15) is 0 Å². The van der Waals surface area contributed by atoms with Crippen molar-refractivity contribution in [3.05, 3.63) is 39.2 Å². The zero-order chi connectivity index (χ0) is 15.6. The number of nitro groups is 1. The van der Waals surface area contributed by atoms with E-state index in [9.17, 15) is 19.3 Å². The van der Waals surface area contributed by atoms with E-state index in [1.165, 1.54) is 6.92 Å². The summed E-state index contributed by atoms with van der Waals surface area (Å²) in [5, 5.41) is 10.9. The Hall–Kier alpha value is -1.98. The van der Waals surface area contributed by atoms with Gasteiger partial charge in [-0.15, -0.1) is 0 Å². The summed E-state index contributed by atoms with van der Waals surface area (Å²) in [6, 6.07) is 2.29. The summed E-state index contributed by atoms with van der Waals surface area (Å²) in [6.45, 7) is 4.01. The van der Waals surface area contributed by atoms with Crippen LogP contribution in [0.15, 0.2) is 12.1 Å². The molecule has 1 heterocycles. The second kappa shape index (κ2) is 6.20. The summed E-state index contributed by atoms with van der Waals surface area (Å²) in [5.41, 5.74) is -0.318. The van der Waals surface area contributed by atoms with Gasteiger partial charge in [0, 0.05) is 24.7 Å². The highest BCUT2D eigenvalue weighted by atomic mass is 19.1. The van der Waals surface area contributed by atoms with Crippen LogP contribution in [0.1, 0.15) is 48.5 Å². The van der Waals surface area contributed by atoms with E-state index in [0.29, 0.717) is 6.54 Å². The van der Waals surface area contributed by atoms with Crippen LogP contribution in [0.5, 0.6) is 0 Å². The molecule has 21 heavy (non-hydrogen) atoms. The average Bonchev–Trinajstić information content (AvgIpc) is 2.48. The van der Waals surface area contributed by atoms with E-state index in [2.05, 4.69) is 0 Å². The highest BCUT2D eigenvalue weighted by molar-refractivity contribution is 5.95. The maximum Gasteiger partial charge on any atom is 0.270 e. The molecule has 1 aliphatic heterocycles. The zero-order valence-corrected chi connectivity index (χ0v) is 12.3. The number of hydrogen-bond donors (Lipinski definition) is 0. The van der Waals surface area contributed by atoms with Crippen LogP contribution in [0, 0.1) is 22.9 Å². The number of halogens is 1. The van der Waals surface area contributed by atoms with Gasteiger partial charge in [0.2, 0.25) is 0 Å². The third-order valence-electron chi connectivity index (χ3n) is 4.04. The molecule has 1 aliphatic rings. The van der Waals surface area contributed by atoms with Crippen LogP contribution in [0.25, 0.3) is 0 Å². The lowest BCUT2D eigenvalue weighted by Crippen LogP contribution is -2.43. The predicted molar refractivity (Wildman–Crippen MR) is 76.8 cm³/mol. The number of nitro benzene ring substituents is 1. The topological polar surface area (TPSA) is 63.5 Å². The largest absolute Gasteiger partial charge is 0.336 e. The maximum atomic E-state index is 14.2. The minimum Gasteiger partial charge on any atom is -0.336 e. The number of non-ortho nitro benzene ring substituents is 1. The third-order valence-corrected chi connectivity index (χ3v) is 4.04. The molecule has 114 valence electrons. The molecule has 1 aromatic carbocycles. The van der Waals surface area contributed by atoms with Crippen molar-refractivity contribution in [3.63, 3.8) is 0 Å². The zero-order valence-electron chi connectivity index (χ0n) is 12.3. The Bertz CT molecular complexity index is 574. The number of nitrogens with zero attached hydrogens (tertiary/aromatic N) is 2. The molecule has 0 spiro atoms. The van der Waals surface area contributed by atoms with Gasteiger partial charge in [0.25, 0.3) is 11.6 Å². The van der Waals surface area contributed by atoms with Crippen molar-refractivity contribution in [2.75, 3.05) is 6.54 Å². The molecule has 1 amide bonds. The molecule has 1 unspecified atom stereocenters. The molecular weight excluding hydrogens is 275 g/mol. The van der Waals surface area contributed by atoms with Crippen molar-refractivity contribution in [3.8, 4) is 0 Å². The van der Waals surface area contributed by atoms with Gasteiger partial charge < -0.3 is 4.90 Å². The van der Waals surface area contributed by atoms with Gasteiger partial charge in [-0.25, -0.2) is 4.39 Å². The number of amides is 1. The van der Waals surface area contributed by atoms with E-state index in [4.69, 9.17) is 0 Å². The van der Waals surface area contributed by atoms with Gasteiger partial charge in [0.15, 0.2) is 0 Å². The second-order valence-corrected chi connectivity index (χ2v) is 5.44. The van der Waals surface area contributed by atoms with E-state index in [0.717, 1.165) is 37.8 Å². The van der Waals surface area contributed by atoms with Crippen LogP contribution >= 0.6 is 0 Å². The van der Waals surface area contributed by atoms with Crippen LogP contribution in [0.2, 0.25) is 0 Å². The highest BCUT2D eigenvalue weighted by Gasteiger charge is 2.29. The Balaban J connectivity index is 2.40. The molecular formula is C15H19FN2O3. The van der Waals surface area contributed by atoms with Crippen molar-refractivity contribution in [1.29, 1.82) is 0 Å². The lowest BCUT2D eigenvalue weighted by atomic mass is 9.98. The Morgan fingerprint density at radius 2 is 2.19 bits per heavy atom. The van der Waals surface area contributed by atoms with E-state index in [1.54, 1.807) is 4.90 Å². The van der Waals surface area contributed by atoms with Gasteiger partial charge in [-0.3, -0.25) is 14.9 Å². The lowest BCUT2D eigenvalue weighted by molar-refractivity contribution is -0.385. The van der Waals surface area contributed by atoms with E-state index >= 15 is 0 Å². The number of rotatable bonds is 3. The molecule has 0 saturated carbocycles. The van der Waals surface area contributed by atoms with Crippen molar-refractivity contribution >= 4 is 11.6 Å². The maximum absolute atomic E-state index is 14.2. The fourth-order valence-electron chi connectivity index (χ4n) is 2.86. The van der Waals surface area contributed by atoms with Crippen molar-refractivity contribution < 1.29 is 14.1 Å². The quantitative estimate of drug-likeness (QED) is 0.633. The fraction of sp³-hybridized carbons (Fsp3) is 0.533. The summed E-state index contributed by atoms with van der Waals surface area (Å²) < 4.78 is 14.2. The smallest absolute Gasteiger partial charge is 0.270 e. The summed E-state index contributed by atoms with van der Waals surface area (Å²) >= 11 is 0. The number of benzene rings is 1. The monoisotopic (exact) mass is 294 g/mol. The molecule has 1 aromatic rings. The minimum atomic E-state index is -0.661. The van der Waals surface area contributed by atoms with E-state index in [-0.39, 0.29) is 22.9 Å². The van der Waals surface area contributed by atoms with E-state index < -0.39 is 16.6 Å². The molecule has 0 aromatic heterocycles. The number of carbonyl (C=O) groups is 1. The standard InChI is InChI=1S/C15H19FN2O3/c1-3-11-6-4-5-7-17(11)15(19)13-9-12(18(20)21)8-10(2)14(13)16/h8-9,11H,3-7H2,1-2H3. The first-order chi connectivity index (χ1) is 9.95. The van der Waals surface area contributed by atoms with Crippen LogP contribution in [0.4, 0.5) is 10.1 Å². The van der Waals surface area contributed by atoms with Crippen molar-refractivity contribution in [2.24, 2.45) is 0 Å². The van der Waals surface area contributed by atoms with Gasteiger partial charge in [-0.1, -0.05) is 6.92 Å². The molecule has 0 bridgehead atoms. The molecule has 1 fully saturated rings. The summed E-state index contributed by atoms with van der Waals surface area (Å²) in [7, 11) is 0. The molecule has 0 radical (unpaired) electrons. The molecule has 1 saturated heterocycles. The summed E-state index contributed by atoms with van der Waals surface area (Å²) in [4.78, 5) is 24.5. The molecule has 0 N–H and O–H groups in total. The predicted octanol–water partition coefficient (Wildman–Crippen LogP) is 3.45. The number of piperidine rings is 1. The highest BCUT2D eigenvalue weighted by Crippen LogP contribution is 2.26. The fourth-order valence-corrected chi connectivity index (χ4v) is 2.86. The van der Waals surface area contributed by atoms with Crippen LogP contribution in [-0.2, 0) is 0 Å².